The van der Waals surface area contributed by atoms with E-state index in [4.69, 9.17) is 9.47 Å². The zero-order valence-corrected chi connectivity index (χ0v) is 21.5. The maximum atomic E-state index is 11.5. The minimum absolute atomic E-state index is 0.0621. The SMILES string of the molecule is CC(=O)O[C@H]1CC[C@@]2(C)C(=CC[C@H]3[C@@H]4C[C@@H]5O[C@]6(CC[C@H](C)CN6)[C@H](C)[C@@H]5[C@@]4(C)CC[C@@H]32)C1. The molecule has 3 saturated carbocycles. The molecule has 4 heteroatoms. The Morgan fingerprint density at radius 3 is 2.67 bits per heavy atom. The van der Waals surface area contributed by atoms with E-state index < -0.39 is 0 Å². The summed E-state index contributed by atoms with van der Waals surface area (Å²) in [5.74, 6) is 4.30. The highest BCUT2D eigenvalue weighted by Crippen LogP contribution is 2.70. The maximum Gasteiger partial charge on any atom is 0.302 e. The first kappa shape index (κ1) is 22.6. The number of fused-ring (bicyclic) bond motifs is 7. The van der Waals surface area contributed by atoms with E-state index in [1.165, 1.54) is 44.9 Å². The first-order valence-corrected chi connectivity index (χ1v) is 14.0. The largest absolute Gasteiger partial charge is 0.462 e. The molecule has 2 heterocycles. The first-order valence-electron chi connectivity index (χ1n) is 14.0. The average molecular weight is 456 g/mol. The van der Waals surface area contributed by atoms with Gasteiger partial charge in [0.2, 0.25) is 0 Å². The molecule has 0 aromatic rings. The Balaban J connectivity index is 1.24. The smallest absolute Gasteiger partial charge is 0.302 e. The summed E-state index contributed by atoms with van der Waals surface area (Å²) < 4.78 is 12.6. The number of hydrogen-bond donors (Lipinski definition) is 1. The van der Waals surface area contributed by atoms with Crippen LogP contribution in [0.3, 0.4) is 0 Å². The van der Waals surface area contributed by atoms with E-state index in [0.29, 0.717) is 28.8 Å². The van der Waals surface area contributed by atoms with E-state index in [2.05, 4.69) is 39.1 Å². The Bertz CT molecular complexity index is 844. The van der Waals surface area contributed by atoms with Crippen molar-refractivity contribution in [3.8, 4) is 0 Å². The van der Waals surface area contributed by atoms with Crippen molar-refractivity contribution < 1.29 is 14.3 Å². The molecule has 0 aromatic carbocycles. The van der Waals surface area contributed by atoms with Crippen LogP contribution in [0.1, 0.15) is 92.4 Å². The zero-order chi connectivity index (χ0) is 23.2. The fourth-order valence-corrected chi connectivity index (χ4v) is 10.2. The zero-order valence-electron chi connectivity index (χ0n) is 21.5. The molecule has 184 valence electrons. The molecule has 4 nitrogen and oxygen atoms in total. The summed E-state index contributed by atoms with van der Waals surface area (Å²) in [5, 5.41) is 3.88. The van der Waals surface area contributed by atoms with Crippen LogP contribution < -0.4 is 5.32 Å². The molecule has 5 fully saturated rings. The fourth-order valence-electron chi connectivity index (χ4n) is 10.2. The second kappa shape index (κ2) is 7.56. The predicted octanol–water partition coefficient (Wildman–Crippen LogP) is 5.86. The summed E-state index contributed by atoms with van der Waals surface area (Å²) in [5.41, 5.74) is 2.24. The lowest BCUT2D eigenvalue weighted by atomic mass is 9.47. The van der Waals surface area contributed by atoms with Gasteiger partial charge in [-0.15, -0.1) is 0 Å². The molecule has 0 radical (unpaired) electrons. The van der Waals surface area contributed by atoms with Gasteiger partial charge < -0.3 is 9.47 Å². The molecular weight excluding hydrogens is 410 g/mol. The Hall–Kier alpha value is -0.870. The number of carbonyl (C=O) groups excluding carboxylic acids is 1. The molecule has 0 amide bonds. The van der Waals surface area contributed by atoms with Gasteiger partial charge in [-0.25, -0.2) is 0 Å². The van der Waals surface area contributed by atoms with Crippen LogP contribution in [0.15, 0.2) is 11.6 Å². The van der Waals surface area contributed by atoms with E-state index in [-0.39, 0.29) is 17.8 Å². The Morgan fingerprint density at radius 1 is 1.12 bits per heavy atom. The molecule has 33 heavy (non-hydrogen) atoms. The summed E-state index contributed by atoms with van der Waals surface area (Å²) in [6.07, 6.45) is 13.9. The Morgan fingerprint density at radius 2 is 1.94 bits per heavy atom. The van der Waals surface area contributed by atoms with Crippen molar-refractivity contribution in [3.05, 3.63) is 11.6 Å². The van der Waals surface area contributed by atoms with Gasteiger partial charge in [0, 0.05) is 25.8 Å². The maximum absolute atomic E-state index is 11.5. The van der Waals surface area contributed by atoms with Crippen LogP contribution in [0.25, 0.3) is 0 Å². The van der Waals surface area contributed by atoms with E-state index in [0.717, 1.165) is 43.1 Å². The lowest BCUT2D eigenvalue weighted by Gasteiger charge is -2.58. The van der Waals surface area contributed by atoms with Crippen LogP contribution >= 0.6 is 0 Å². The van der Waals surface area contributed by atoms with Crippen LogP contribution in [0, 0.1) is 46.3 Å². The van der Waals surface area contributed by atoms with Gasteiger partial charge in [0.1, 0.15) is 11.8 Å². The van der Waals surface area contributed by atoms with E-state index in [1.54, 1.807) is 12.5 Å². The molecule has 6 aliphatic rings. The highest BCUT2D eigenvalue weighted by molar-refractivity contribution is 5.66. The fraction of sp³-hybridized carbons (Fsp3) is 0.897. The molecule has 2 aliphatic heterocycles. The minimum atomic E-state index is -0.127. The molecule has 6 rings (SSSR count). The van der Waals surface area contributed by atoms with Crippen molar-refractivity contribution in [1.82, 2.24) is 5.32 Å². The summed E-state index contributed by atoms with van der Waals surface area (Å²) in [6.45, 7) is 12.7. The normalized spacial score (nSPS) is 55.2. The van der Waals surface area contributed by atoms with E-state index >= 15 is 0 Å². The van der Waals surface area contributed by atoms with E-state index in [1.807, 2.05) is 0 Å². The third-order valence-corrected chi connectivity index (χ3v) is 11.9. The van der Waals surface area contributed by atoms with Crippen LogP contribution in [0.5, 0.6) is 0 Å². The van der Waals surface area contributed by atoms with Crippen molar-refractivity contribution in [2.75, 3.05) is 6.54 Å². The highest BCUT2D eigenvalue weighted by Gasteiger charge is 2.68. The van der Waals surface area contributed by atoms with Gasteiger partial charge in [-0.3, -0.25) is 10.1 Å². The molecule has 2 saturated heterocycles. The summed E-state index contributed by atoms with van der Waals surface area (Å²) >= 11 is 0. The van der Waals surface area contributed by atoms with Gasteiger partial charge >= 0.3 is 5.97 Å². The Labute approximate surface area is 200 Å². The number of esters is 1. The lowest BCUT2D eigenvalue weighted by Crippen LogP contribution is -2.57. The average Bonchev–Trinajstić information content (AvgIpc) is 3.21. The van der Waals surface area contributed by atoms with Crippen molar-refractivity contribution in [2.45, 2.75) is 110 Å². The summed E-state index contributed by atoms with van der Waals surface area (Å²) in [7, 11) is 0. The number of nitrogens with one attached hydrogen (secondary N) is 1. The predicted molar refractivity (Wildman–Crippen MR) is 129 cm³/mol. The van der Waals surface area contributed by atoms with Crippen LogP contribution in [0.2, 0.25) is 0 Å². The van der Waals surface area contributed by atoms with Gasteiger partial charge in [0.05, 0.1) is 6.10 Å². The quantitative estimate of drug-likeness (QED) is 0.397. The molecule has 1 spiro atoms. The number of ether oxygens (including phenoxy) is 2. The standard InChI is InChI=1S/C29H45NO3/c1-17-8-13-29(30-16-17)18(2)26-25(33-29)15-24-22-7-6-20-14-21(32-19(3)31)9-11-27(20,4)23(22)10-12-28(24,26)5/h6,17-18,21-26,30H,7-16H2,1-5H3/t17-,18+,21-,22+,23-,24-,25-,26-,27-,28-,29+/m0/s1. The van der Waals surface area contributed by atoms with Gasteiger partial charge in [-0.2, -0.15) is 0 Å². The van der Waals surface area contributed by atoms with Crippen molar-refractivity contribution in [1.29, 1.82) is 0 Å². The molecule has 4 aliphatic carbocycles. The lowest BCUT2D eigenvalue weighted by molar-refractivity contribution is -0.148. The third-order valence-electron chi connectivity index (χ3n) is 11.9. The molecule has 11 atom stereocenters. The molecule has 0 bridgehead atoms. The van der Waals surface area contributed by atoms with Crippen molar-refractivity contribution in [2.24, 2.45) is 46.3 Å². The number of allylic oxidation sites excluding steroid dienone is 1. The minimum Gasteiger partial charge on any atom is -0.462 e. The summed E-state index contributed by atoms with van der Waals surface area (Å²) in [4.78, 5) is 11.5. The van der Waals surface area contributed by atoms with Gasteiger partial charge in [-0.05, 0) is 91.8 Å². The molecule has 1 N–H and O–H groups in total. The van der Waals surface area contributed by atoms with E-state index in [9.17, 15) is 4.79 Å². The first-order chi connectivity index (χ1) is 15.7. The van der Waals surface area contributed by atoms with Crippen LogP contribution in [-0.2, 0) is 14.3 Å². The van der Waals surface area contributed by atoms with Crippen LogP contribution in [0.4, 0.5) is 0 Å². The Kier molecular flexibility index (Phi) is 5.18. The summed E-state index contributed by atoms with van der Waals surface area (Å²) in [6, 6.07) is 0. The topological polar surface area (TPSA) is 47.6 Å². The number of hydrogen-bond acceptors (Lipinski definition) is 4. The second-order valence-corrected chi connectivity index (χ2v) is 13.4. The number of carbonyl (C=O) groups is 1. The van der Waals surface area contributed by atoms with Gasteiger partial charge in [-0.1, -0.05) is 39.3 Å². The van der Waals surface area contributed by atoms with Crippen LogP contribution in [-0.4, -0.2) is 30.4 Å². The molecule has 0 unspecified atom stereocenters. The third kappa shape index (κ3) is 3.18. The van der Waals surface area contributed by atoms with Gasteiger partial charge in [0.25, 0.3) is 0 Å². The monoisotopic (exact) mass is 455 g/mol. The molecular formula is C29H45NO3. The second-order valence-electron chi connectivity index (χ2n) is 13.4. The van der Waals surface area contributed by atoms with Gasteiger partial charge in [0.15, 0.2) is 0 Å². The highest BCUT2D eigenvalue weighted by atomic mass is 16.5. The number of rotatable bonds is 1. The van der Waals surface area contributed by atoms with Crippen molar-refractivity contribution >= 4 is 5.97 Å². The molecule has 0 aromatic heterocycles. The van der Waals surface area contributed by atoms with Crippen molar-refractivity contribution in [3.63, 3.8) is 0 Å². The number of piperidine rings is 1.